The van der Waals surface area contributed by atoms with E-state index in [1.807, 2.05) is 9.80 Å². The van der Waals surface area contributed by atoms with Crippen molar-refractivity contribution >= 4 is 17.5 Å². The fraction of sp³-hybridized carbons (Fsp3) is 0.556. The number of nitrogens with zero attached hydrogens (tertiary/aromatic N) is 2. The first kappa shape index (κ1) is 17.8. The quantitative estimate of drug-likeness (QED) is 0.835. The van der Waals surface area contributed by atoms with E-state index in [4.69, 9.17) is 0 Å². The number of amides is 2. The van der Waals surface area contributed by atoms with Crippen molar-refractivity contribution in [1.29, 1.82) is 0 Å². The number of nitrogens with one attached hydrogen (secondary N) is 2. The van der Waals surface area contributed by atoms with Gasteiger partial charge in [0.05, 0.1) is 6.54 Å². The van der Waals surface area contributed by atoms with Crippen molar-refractivity contribution in [1.82, 2.24) is 15.1 Å². The molecule has 1 aromatic rings. The highest BCUT2D eigenvalue weighted by Crippen LogP contribution is 2.12. The highest BCUT2D eigenvalue weighted by atomic mass is 19.1. The molecule has 2 N–H and O–H groups in total. The van der Waals surface area contributed by atoms with E-state index in [0.717, 1.165) is 19.4 Å². The molecular weight excluding hydrogens is 323 g/mol. The molecule has 1 aromatic carbocycles. The van der Waals surface area contributed by atoms with Crippen LogP contribution in [0.3, 0.4) is 0 Å². The summed E-state index contributed by atoms with van der Waals surface area (Å²) in [6, 6.07) is 6.05. The van der Waals surface area contributed by atoms with Crippen molar-refractivity contribution < 1.29 is 14.0 Å². The van der Waals surface area contributed by atoms with Crippen LogP contribution in [0, 0.1) is 5.82 Å². The smallest absolute Gasteiger partial charge is 0.238 e. The van der Waals surface area contributed by atoms with Gasteiger partial charge in [-0.15, -0.1) is 0 Å². The normalized spacial score (nSPS) is 21.3. The average Bonchev–Trinajstić information content (AvgIpc) is 3.10. The minimum absolute atomic E-state index is 0.124. The lowest BCUT2D eigenvalue weighted by atomic mass is 10.1. The minimum atomic E-state index is -0.327. The number of hydrogen-bond donors (Lipinski definition) is 2. The molecule has 2 aliphatic rings. The van der Waals surface area contributed by atoms with Crippen molar-refractivity contribution in [3.8, 4) is 0 Å². The Bertz CT molecular complexity index is 594. The SMILES string of the molecule is O=C(CN1CCN(C(=O)CC2CCCN2)CC1)Nc1ccc(F)cc1. The van der Waals surface area contributed by atoms with Crippen molar-refractivity contribution in [2.24, 2.45) is 0 Å². The molecule has 2 fully saturated rings. The highest BCUT2D eigenvalue weighted by molar-refractivity contribution is 5.92. The van der Waals surface area contributed by atoms with Crippen molar-refractivity contribution in [2.75, 3.05) is 44.6 Å². The third kappa shape index (κ3) is 5.24. The number of anilines is 1. The number of halogens is 1. The van der Waals surface area contributed by atoms with E-state index in [1.165, 1.54) is 12.1 Å². The van der Waals surface area contributed by atoms with E-state index in [9.17, 15) is 14.0 Å². The monoisotopic (exact) mass is 348 g/mol. The van der Waals surface area contributed by atoms with Crippen LogP contribution in [-0.2, 0) is 9.59 Å². The summed E-state index contributed by atoms with van der Waals surface area (Å²) in [7, 11) is 0. The zero-order valence-electron chi connectivity index (χ0n) is 14.3. The zero-order valence-corrected chi connectivity index (χ0v) is 14.3. The third-order valence-electron chi connectivity index (χ3n) is 4.80. The number of benzene rings is 1. The second kappa shape index (κ2) is 8.40. The van der Waals surface area contributed by atoms with Gasteiger partial charge in [-0.2, -0.15) is 0 Å². The van der Waals surface area contributed by atoms with Crippen molar-refractivity contribution in [2.45, 2.75) is 25.3 Å². The maximum atomic E-state index is 12.9. The first-order valence-corrected chi connectivity index (χ1v) is 8.89. The van der Waals surface area contributed by atoms with Gasteiger partial charge in [0.1, 0.15) is 5.82 Å². The first-order chi connectivity index (χ1) is 12.1. The maximum Gasteiger partial charge on any atom is 0.238 e. The van der Waals surface area contributed by atoms with Crippen LogP contribution in [0.4, 0.5) is 10.1 Å². The standard InChI is InChI=1S/C18H25FN4O2/c19-14-3-5-15(6-4-14)21-17(24)13-22-8-10-23(11-9-22)18(25)12-16-2-1-7-20-16/h3-6,16,20H,1-2,7-13H2,(H,21,24). The number of carbonyl (C=O) groups excluding carboxylic acids is 2. The van der Waals surface area contributed by atoms with E-state index in [1.54, 1.807) is 12.1 Å². The highest BCUT2D eigenvalue weighted by Gasteiger charge is 2.25. The Hall–Kier alpha value is -1.99. The van der Waals surface area contributed by atoms with Crippen LogP contribution in [0.2, 0.25) is 0 Å². The Labute approximate surface area is 147 Å². The van der Waals surface area contributed by atoms with Gasteiger partial charge in [-0.3, -0.25) is 14.5 Å². The molecular formula is C18H25FN4O2. The Morgan fingerprint density at radius 3 is 2.52 bits per heavy atom. The van der Waals surface area contributed by atoms with Gasteiger partial charge in [-0.05, 0) is 43.7 Å². The van der Waals surface area contributed by atoms with Crippen LogP contribution in [-0.4, -0.2) is 66.9 Å². The van der Waals surface area contributed by atoms with E-state index < -0.39 is 0 Å². The lowest BCUT2D eigenvalue weighted by Gasteiger charge is -2.34. The largest absolute Gasteiger partial charge is 0.340 e. The molecule has 0 aromatic heterocycles. The lowest BCUT2D eigenvalue weighted by molar-refractivity contribution is -0.133. The number of carbonyl (C=O) groups is 2. The summed E-state index contributed by atoms with van der Waals surface area (Å²) in [4.78, 5) is 28.3. The Balaban J connectivity index is 1.38. The number of hydrogen-bond acceptors (Lipinski definition) is 4. The predicted molar refractivity (Wildman–Crippen MR) is 93.7 cm³/mol. The van der Waals surface area contributed by atoms with Crippen LogP contribution in [0.15, 0.2) is 24.3 Å². The second-order valence-corrected chi connectivity index (χ2v) is 6.71. The van der Waals surface area contributed by atoms with Crippen LogP contribution >= 0.6 is 0 Å². The Kier molecular flexibility index (Phi) is 5.99. The van der Waals surface area contributed by atoms with E-state index in [-0.39, 0.29) is 24.2 Å². The number of rotatable bonds is 5. The molecule has 0 spiro atoms. The molecule has 2 saturated heterocycles. The van der Waals surface area contributed by atoms with Crippen LogP contribution in [0.25, 0.3) is 0 Å². The molecule has 1 atom stereocenters. The molecule has 6 nitrogen and oxygen atoms in total. The van der Waals surface area contributed by atoms with E-state index >= 15 is 0 Å². The Morgan fingerprint density at radius 1 is 1.16 bits per heavy atom. The second-order valence-electron chi connectivity index (χ2n) is 6.71. The number of piperazine rings is 1. The van der Waals surface area contributed by atoms with Gasteiger partial charge >= 0.3 is 0 Å². The summed E-state index contributed by atoms with van der Waals surface area (Å²) in [5.41, 5.74) is 0.587. The van der Waals surface area contributed by atoms with Gasteiger partial charge in [-0.25, -0.2) is 4.39 Å². The van der Waals surface area contributed by atoms with Gasteiger partial charge in [-0.1, -0.05) is 0 Å². The Morgan fingerprint density at radius 2 is 1.88 bits per heavy atom. The van der Waals surface area contributed by atoms with Gasteiger partial charge in [0, 0.05) is 44.3 Å². The molecule has 0 radical (unpaired) electrons. The van der Waals surface area contributed by atoms with Crippen LogP contribution in [0.5, 0.6) is 0 Å². The topological polar surface area (TPSA) is 64.7 Å². The molecule has 2 heterocycles. The third-order valence-corrected chi connectivity index (χ3v) is 4.80. The van der Waals surface area contributed by atoms with Gasteiger partial charge in [0.15, 0.2) is 0 Å². The molecule has 136 valence electrons. The summed E-state index contributed by atoms with van der Waals surface area (Å²) in [6.45, 7) is 4.00. The van der Waals surface area contributed by atoms with Crippen molar-refractivity contribution in [3.63, 3.8) is 0 Å². The lowest BCUT2D eigenvalue weighted by Crippen LogP contribution is -2.51. The van der Waals surface area contributed by atoms with Crippen molar-refractivity contribution in [3.05, 3.63) is 30.1 Å². The average molecular weight is 348 g/mol. The maximum absolute atomic E-state index is 12.9. The fourth-order valence-electron chi connectivity index (χ4n) is 3.36. The minimum Gasteiger partial charge on any atom is -0.340 e. The predicted octanol–water partition coefficient (Wildman–Crippen LogP) is 1.05. The summed E-state index contributed by atoms with van der Waals surface area (Å²) >= 11 is 0. The van der Waals surface area contributed by atoms with E-state index in [2.05, 4.69) is 10.6 Å². The first-order valence-electron chi connectivity index (χ1n) is 8.89. The summed E-state index contributed by atoms with van der Waals surface area (Å²) < 4.78 is 12.9. The molecule has 0 saturated carbocycles. The summed E-state index contributed by atoms with van der Waals surface area (Å²) in [6.07, 6.45) is 2.80. The van der Waals surface area contributed by atoms with Crippen LogP contribution < -0.4 is 10.6 Å². The zero-order chi connectivity index (χ0) is 17.6. The molecule has 7 heteroatoms. The van der Waals surface area contributed by atoms with E-state index in [0.29, 0.717) is 44.3 Å². The molecule has 0 aliphatic carbocycles. The molecule has 3 rings (SSSR count). The van der Waals surface area contributed by atoms with Gasteiger partial charge in [0.2, 0.25) is 11.8 Å². The summed E-state index contributed by atoms with van der Waals surface area (Å²) in [5.74, 6) is -0.247. The molecule has 25 heavy (non-hydrogen) atoms. The van der Waals surface area contributed by atoms with Gasteiger partial charge in [0.25, 0.3) is 0 Å². The fourth-order valence-corrected chi connectivity index (χ4v) is 3.36. The molecule has 1 unspecified atom stereocenters. The molecule has 2 aliphatic heterocycles. The van der Waals surface area contributed by atoms with Gasteiger partial charge < -0.3 is 15.5 Å². The molecule has 2 amide bonds. The molecule has 0 bridgehead atoms. The summed E-state index contributed by atoms with van der Waals surface area (Å²) in [5, 5.41) is 6.12. The van der Waals surface area contributed by atoms with Crippen LogP contribution in [0.1, 0.15) is 19.3 Å².